The van der Waals surface area contributed by atoms with Crippen LogP contribution in [0.3, 0.4) is 0 Å². The molecule has 2 unspecified atom stereocenters. The smallest absolute Gasteiger partial charge is 0.0950 e. The lowest BCUT2D eigenvalue weighted by Gasteiger charge is -2.12. The number of nitrogens with zero attached hydrogens (tertiary/aromatic N) is 1. The molecule has 1 N–H and O–H groups in total. The standard InChI is InChI=1S/C9H18N2/c1-4-8(3)7-11-9(5-2)6-10/h8-9,11H,4-5,7H2,1-3H3. The molecule has 11 heavy (non-hydrogen) atoms. The van der Waals surface area contributed by atoms with Gasteiger partial charge < -0.3 is 5.32 Å². The Kier molecular flexibility index (Phi) is 5.87. The first-order chi connectivity index (χ1) is 5.24. The SMILES string of the molecule is CCC(C)CNC(C#N)CC. The summed E-state index contributed by atoms with van der Waals surface area (Å²) in [4.78, 5) is 0. The van der Waals surface area contributed by atoms with Crippen LogP contribution in [0.5, 0.6) is 0 Å². The predicted octanol–water partition coefficient (Wildman–Crippen LogP) is 1.92. The molecule has 0 amide bonds. The summed E-state index contributed by atoms with van der Waals surface area (Å²) < 4.78 is 0. The number of nitriles is 1. The van der Waals surface area contributed by atoms with E-state index in [2.05, 4.69) is 25.2 Å². The van der Waals surface area contributed by atoms with Crippen LogP contribution in [-0.4, -0.2) is 12.6 Å². The van der Waals surface area contributed by atoms with E-state index < -0.39 is 0 Å². The van der Waals surface area contributed by atoms with E-state index in [0.29, 0.717) is 5.92 Å². The number of hydrogen-bond acceptors (Lipinski definition) is 2. The largest absolute Gasteiger partial charge is 0.302 e. The van der Waals surface area contributed by atoms with Crippen molar-refractivity contribution in [2.75, 3.05) is 6.54 Å². The third kappa shape index (κ3) is 4.80. The zero-order valence-electron chi connectivity index (χ0n) is 7.72. The van der Waals surface area contributed by atoms with Crippen molar-refractivity contribution in [1.29, 1.82) is 5.26 Å². The van der Waals surface area contributed by atoms with Crippen molar-refractivity contribution < 1.29 is 0 Å². The molecule has 0 heterocycles. The van der Waals surface area contributed by atoms with Gasteiger partial charge in [0.15, 0.2) is 0 Å². The highest BCUT2D eigenvalue weighted by Crippen LogP contribution is 1.98. The Labute approximate surface area is 69.6 Å². The summed E-state index contributed by atoms with van der Waals surface area (Å²) in [5.74, 6) is 0.678. The van der Waals surface area contributed by atoms with E-state index in [1.165, 1.54) is 6.42 Å². The van der Waals surface area contributed by atoms with Gasteiger partial charge >= 0.3 is 0 Å². The van der Waals surface area contributed by atoms with Crippen molar-refractivity contribution >= 4 is 0 Å². The van der Waals surface area contributed by atoms with Gasteiger partial charge in [-0.15, -0.1) is 0 Å². The molecule has 2 nitrogen and oxygen atoms in total. The maximum atomic E-state index is 8.60. The molecule has 0 saturated carbocycles. The number of nitrogens with one attached hydrogen (secondary N) is 1. The zero-order chi connectivity index (χ0) is 8.69. The van der Waals surface area contributed by atoms with Crippen LogP contribution in [0.15, 0.2) is 0 Å². The average molecular weight is 154 g/mol. The van der Waals surface area contributed by atoms with Crippen molar-refractivity contribution in [3.63, 3.8) is 0 Å². The Morgan fingerprint density at radius 1 is 1.36 bits per heavy atom. The normalized spacial score (nSPS) is 15.5. The Balaban J connectivity index is 3.44. The second kappa shape index (κ2) is 6.18. The van der Waals surface area contributed by atoms with Gasteiger partial charge in [-0.25, -0.2) is 0 Å². The first kappa shape index (κ1) is 10.4. The molecule has 0 rings (SSSR count). The topological polar surface area (TPSA) is 35.8 Å². The van der Waals surface area contributed by atoms with E-state index in [4.69, 9.17) is 5.26 Å². The van der Waals surface area contributed by atoms with Crippen molar-refractivity contribution in [3.05, 3.63) is 0 Å². The van der Waals surface area contributed by atoms with E-state index in [-0.39, 0.29) is 6.04 Å². The van der Waals surface area contributed by atoms with Gasteiger partial charge in [0.05, 0.1) is 12.1 Å². The van der Waals surface area contributed by atoms with E-state index in [0.717, 1.165) is 13.0 Å². The molecule has 64 valence electrons. The molecule has 0 aromatic heterocycles. The Morgan fingerprint density at radius 2 is 2.00 bits per heavy atom. The summed E-state index contributed by atoms with van der Waals surface area (Å²) in [5.41, 5.74) is 0. The minimum atomic E-state index is 0.0454. The van der Waals surface area contributed by atoms with E-state index in [9.17, 15) is 0 Å². The van der Waals surface area contributed by atoms with Crippen LogP contribution in [0.2, 0.25) is 0 Å². The van der Waals surface area contributed by atoms with Gasteiger partial charge in [0.2, 0.25) is 0 Å². The molecule has 0 radical (unpaired) electrons. The second-order valence-electron chi connectivity index (χ2n) is 3.01. The zero-order valence-corrected chi connectivity index (χ0v) is 7.72. The van der Waals surface area contributed by atoms with Crippen LogP contribution in [0.25, 0.3) is 0 Å². The first-order valence-electron chi connectivity index (χ1n) is 4.37. The van der Waals surface area contributed by atoms with Gasteiger partial charge in [0.1, 0.15) is 0 Å². The highest BCUT2D eigenvalue weighted by molar-refractivity contribution is 4.88. The molecule has 0 aliphatic rings. The van der Waals surface area contributed by atoms with Crippen molar-refractivity contribution in [2.24, 2.45) is 5.92 Å². The Morgan fingerprint density at radius 3 is 2.36 bits per heavy atom. The van der Waals surface area contributed by atoms with Gasteiger partial charge in [-0.3, -0.25) is 0 Å². The maximum Gasteiger partial charge on any atom is 0.0950 e. The fraction of sp³-hybridized carbons (Fsp3) is 0.889. The first-order valence-corrected chi connectivity index (χ1v) is 4.37. The lowest BCUT2D eigenvalue weighted by molar-refractivity contribution is 0.470. The van der Waals surface area contributed by atoms with Gasteiger partial charge in [0, 0.05) is 0 Å². The monoisotopic (exact) mass is 154 g/mol. The lowest BCUT2D eigenvalue weighted by Crippen LogP contribution is -2.30. The van der Waals surface area contributed by atoms with E-state index in [1.807, 2.05) is 6.92 Å². The van der Waals surface area contributed by atoms with Crippen molar-refractivity contribution in [3.8, 4) is 6.07 Å². The van der Waals surface area contributed by atoms with Gasteiger partial charge in [-0.1, -0.05) is 27.2 Å². The lowest BCUT2D eigenvalue weighted by atomic mass is 10.1. The van der Waals surface area contributed by atoms with Crippen molar-refractivity contribution in [2.45, 2.75) is 39.7 Å². The van der Waals surface area contributed by atoms with Gasteiger partial charge in [-0.05, 0) is 18.9 Å². The summed E-state index contributed by atoms with van der Waals surface area (Å²) in [6.07, 6.45) is 2.07. The molecule has 2 heteroatoms. The quantitative estimate of drug-likeness (QED) is 0.656. The summed E-state index contributed by atoms with van der Waals surface area (Å²) in [6.45, 7) is 7.34. The number of rotatable bonds is 5. The molecule has 0 saturated heterocycles. The molecular formula is C9H18N2. The summed E-state index contributed by atoms with van der Waals surface area (Å²) in [5, 5.41) is 11.8. The van der Waals surface area contributed by atoms with Gasteiger partial charge in [0.25, 0.3) is 0 Å². The fourth-order valence-electron chi connectivity index (χ4n) is 0.769. The van der Waals surface area contributed by atoms with Crippen LogP contribution in [0.1, 0.15) is 33.6 Å². The van der Waals surface area contributed by atoms with E-state index in [1.54, 1.807) is 0 Å². The van der Waals surface area contributed by atoms with Crippen LogP contribution in [-0.2, 0) is 0 Å². The Bertz CT molecular complexity index is 126. The fourth-order valence-corrected chi connectivity index (χ4v) is 0.769. The molecular weight excluding hydrogens is 136 g/mol. The predicted molar refractivity (Wildman–Crippen MR) is 47.1 cm³/mol. The molecule has 0 aromatic carbocycles. The third-order valence-corrected chi connectivity index (χ3v) is 1.97. The van der Waals surface area contributed by atoms with Crippen LogP contribution >= 0.6 is 0 Å². The van der Waals surface area contributed by atoms with E-state index >= 15 is 0 Å². The summed E-state index contributed by atoms with van der Waals surface area (Å²) in [7, 11) is 0. The molecule has 2 atom stereocenters. The highest BCUT2D eigenvalue weighted by atomic mass is 14.9. The third-order valence-electron chi connectivity index (χ3n) is 1.97. The van der Waals surface area contributed by atoms with Crippen LogP contribution < -0.4 is 5.32 Å². The molecule has 0 bridgehead atoms. The number of hydrogen-bond donors (Lipinski definition) is 1. The summed E-state index contributed by atoms with van der Waals surface area (Å²) >= 11 is 0. The molecule has 0 fully saturated rings. The van der Waals surface area contributed by atoms with Crippen LogP contribution in [0.4, 0.5) is 0 Å². The molecule has 0 aliphatic carbocycles. The molecule has 0 aliphatic heterocycles. The van der Waals surface area contributed by atoms with Crippen LogP contribution in [0, 0.1) is 17.2 Å². The minimum Gasteiger partial charge on any atom is -0.302 e. The molecule has 0 spiro atoms. The average Bonchev–Trinajstić information content (AvgIpc) is 2.06. The van der Waals surface area contributed by atoms with Crippen molar-refractivity contribution in [1.82, 2.24) is 5.32 Å². The van der Waals surface area contributed by atoms with Gasteiger partial charge in [-0.2, -0.15) is 5.26 Å². The minimum absolute atomic E-state index is 0.0454. The second-order valence-corrected chi connectivity index (χ2v) is 3.01. The Hall–Kier alpha value is -0.550. The summed E-state index contributed by atoms with van der Waals surface area (Å²) in [6, 6.07) is 2.27. The molecule has 0 aromatic rings. The maximum absolute atomic E-state index is 8.60. The highest BCUT2D eigenvalue weighted by Gasteiger charge is 2.04.